The first kappa shape index (κ1) is 71.3. The molecule has 8 fully saturated rings. The number of nitrogen functional groups attached to an aromatic ring is 2. The Morgan fingerprint density at radius 1 is 0.544 bits per heavy atom. The predicted octanol–water partition coefficient (Wildman–Crippen LogP) is 16.8. The minimum Gasteiger partial charge on any atom is -0.481 e. The second kappa shape index (κ2) is 24.5. The number of H-pyrrole nitrogens is 4. The van der Waals surface area contributed by atoms with Gasteiger partial charge in [0.15, 0.2) is 0 Å². The Morgan fingerprint density at radius 2 is 0.961 bits per heavy atom. The number of rotatable bonds is 10. The molecule has 4 aromatic heterocycles. The fourth-order valence-corrected chi connectivity index (χ4v) is 27.3. The summed E-state index contributed by atoms with van der Waals surface area (Å²) in [6.45, 7) is 44.1. The molecule has 2 aliphatic heterocycles. The molecule has 103 heavy (non-hydrogen) atoms. The number of carboxylic acids is 1. The van der Waals surface area contributed by atoms with E-state index in [4.69, 9.17) is 25.7 Å². The first-order valence-electron chi connectivity index (χ1n) is 40.2. The lowest BCUT2D eigenvalue weighted by atomic mass is 9.32. The first-order chi connectivity index (χ1) is 48.7. The number of carbonyl (C=O) groups excluding carboxylic acids is 1. The Labute approximate surface area is 614 Å². The van der Waals surface area contributed by atoms with Crippen LogP contribution in [0.1, 0.15) is 250 Å². The lowest BCUT2D eigenvalue weighted by Gasteiger charge is -2.71. The Balaban J connectivity index is 0.000000161. The van der Waals surface area contributed by atoms with Crippen LogP contribution in [0.25, 0.3) is 11.1 Å². The van der Waals surface area contributed by atoms with Crippen LogP contribution in [0, 0.1) is 89.7 Å². The number of nitrogens with one attached hydrogen (secondary N) is 4. The summed E-state index contributed by atoms with van der Waals surface area (Å²) < 4.78 is 17.9. The molecule has 16 nitrogen and oxygen atoms in total. The van der Waals surface area contributed by atoms with Crippen LogP contribution >= 0.6 is 0 Å². The summed E-state index contributed by atoms with van der Waals surface area (Å²) in [6, 6.07) is 10.2. The van der Waals surface area contributed by atoms with E-state index in [0.29, 0.717) is 41.9 Å². The van der Waals surface area contributed by atoms with Crippen LogP contribution in [0.5, 0.6) is 0 Å². The van der Waals surface area contributed by atoms with E-state index in [1.807, 2.05) is 18.2 Å². The van der Waals surface area contributed by atoms with Gasteiger partial charge in [-0.25, -0.2) is 0 Å². The number of aliphatic carboxylic acids is 1. The van der Waals surface area contributed by atoms with E-state index in [-0.39, 0.29) is 72.0 Å². The molecule has 14 atom stereocenters. The Morgan fingerprint density at radius 3 is 1.41 bits per heavy atom. The van der Waals surface area contributed by atoms with Crippen molar-refractivity contribution in [2.45, 2.75) is 243 Å². The van der Waals surface area contributed by atoms with Crippen molar-refractivity contribution in [2.24, 2.45) is 89.7 Å². The summed E-state index contributed by atoms with van der Waals surface area (Å²) in [5, 5.41) is 27.1. The highest BCUT2D eigenvalue weighted by atomic mass is 16.5. The van der Waals surface area contributed by atoms with Crippen molar-refractivity contribution in [1.29, 1.82) is 0 Å². The van der Waals surface area contributed by atoms with Crippen LogP contribution in [0.15, 0.2) is 66.3 Å². The van der Waals surface area contributed by atoms with Gasteiger partial charge in [-0.1, -0.05) is 138 Å². The number of aromatic amines is 4. The first-order valence-corrected chi connectivity index (χ1v) is 40.2. The summed E-state index contributed by atoms with van der Waals surface area (Å²) in [5.41, 5.74) is 29.7. The van der Waals surface area contributed by atoms with Gasteiger partial charge in [0.2, 0.25) is 0 Å². The number of benzene rings is 1. The minimum absolute atomic E-state index is 0.0216. The monoisotopic (exact) mass is 1400 g/mol. The molecule has 6 saturated carbocycles. The molecule has 5 aromatic rings. The molecule has 558 valence electrons. The number of anilines is 2. The van der Waals surface area contributed by atoms with Gasteiger partial charge >= 0.3 is 11.9 Å². The van der Waals surface area contributed by atoms with E-state index in [1.165, 1.54) is 80.8 Å². The molecule has 6 heterocycles. The summed E-state index contributed by atoms with van der Waals surface area (Å²) in [7, 11) is 0. The Bertz CT molecular complexity index is 4170. The smallest absolute Gasteiger partial charge is 0.313 e. The summed E-state index contributed by atoms with van der Waals surface area (Å²) >= 11 is 0. The number of esters is 1. The number of hydrogen-bond acceptors (Lipinski definition) is 11. The molecule has 12 aliphatic rings. The molecule has 10 aliphatic carbocycles. The van der Waals surface area contributed by atoms with Gasteiger partial charge in [-0.15, -0.1) is 0 Å². The van der Waals surface area contributed by atoms with Crippen LogP contribution in [0.3, 0.4) is 0 Å². The number of allylic oxidation sites excluding steroid dienone is 4. The highest BCUT2D eigenvalue weighted by molar-refractivity contribution is 5.83. The number of aromatic nitrogens is 6. The van der Waals surface area contributed by atoms with E-state index in [9.17, 15) is 14.7 Å². The average molecular weight is 1410 g/mol. The van der Waals surface area contributed by atoms with Crippen molar-refractivity contribution in [3.05, 3.63) is 117 Å². The van der Waals surface area contributed by atoms with Gasteiger partial charge in [0.1, 0.15) is 18.2 Å². The van der Waals surface area contributed by atoms with E-state index < -0.39 is 16.8 Å². The Hall–Kier alpha value is -5.94. The summed E-state index contributed by atoms with van der Waals surface area (Å²) in [4.78, 5) is 40.7. The van der Waals surface area contributed by atoms with Crippen molar-refractivity contribution in [2.75, 3.05) is 64.1 Å². The maximum Gasteiger partial charge on any atom is 0.313 e. The van der Waals surface area contributed by atoms with Crippen LogP contribution in [0.4, 0.5) is 11.6 Å². The highest BCUT2D eigenvalue weighted by Gasteiger charge is 2.73. The number of fused-ring (bicyclic) bond motifs is 16. The number of ether oxygens (including phenoxy) is 3. The van der Waals surface area contributed by atoms with Crippen LogP contribution < -0.4 is 11.5 Å². The third-order valence-electron chi connectivity index (χ3n) is 33.3. The average Bonchev–Trinajstić information content (AvgIpc) is 1.29. The fraction of sp³-hybridized carbons (Fsp3) is 0.701. The van der Waals surface area contributed by atoms with Crippen molar-refractivity contribution < 1.29 is 28.9 Å². The van der Waals surface area contributed by atoms with Crippen molar-refractivity contribution >= 4 is 34.7 Å². The number of carbonyl (C=O) groups is 2. The molecule has 1 aromatic carbocycles. The third kappa shape index (κ3) is 10.6. The molecular formula is C87H124N10O6. The predicted molar refractivity (Wildman–Crippen MR) is 407 cm³/mol. The van der Waals surface area contributed by atoms with Gasteiger partial charge in [-0.05, 0) is 233 Å². The lowest BCUT2D eigenvalue weighted by Crippen LogP contribution is -2.65. The fourth-order valence-electron chi connectivity index (χ4n) is 27.3. The normalized spacial score (nSPS) is 38.3. The zero-order valence-electron chi connectivity index (χ0n) is 65.1. The summed E-state index contributed by atoms with van der Waals surface area (Å²) in [6.07, 6.45) is 26.9. The molecular weight excluding hydrogens is 1280 g/mol. The molecule has 2 saturated heterocycles. The standard InChI is InChI=1S/C47H65N5O3.C40H59N5O3/c1-42(2)15-17-47(41(53)55-29-30-11-9-8-10-12-30)18-16-46(7)38(35(47)25-42)32(34-27-49-26-31(34)28-52-19-21-54-22-20-52)23-37-44(5)24-33-39(50-51-40(33)48)43(3,4)36(44)13-14-45(37,46)6;1-35(2)10-12-40(34(46)47)13-11-39(7)31(28(40)20-35)25(27-22-42-21-24(27)23-45-14-16-48-17-15-45)18-30-37(5)19-26-32(43-44-33(26)41)36(3,4)29(37)8-9-38(30,39)6/h8-12,26-27,35-37,49H,13-25,28-29H2,1-7H3,(H3,48,50,51);21-22,28-30,42H,8-20,23H2,1-7H3,(H,46,47)(H3,41,43,44)/t35-,36-,37?,44-,45+,46+,47-;28-,29-,30?,37-,38+,39+,40-/m00/s1. The van der Waals surface area contributed by atoms with E-state index in [0.717, 1.165) is 168 Å². The molecule has 9 N–H and O–H groups in total. The van der Waals surface area contributed by atoms with Gasteiger partial charge in [0.05, 0.1) is 37.3 Å². The van der Waals surface area contributed by atoms with Gasteiger partial charge in [0.25, 0.3) is 0 Å². The largest absolute Gasteiger partial charge is 0.481 e. The molecule has 16 heteroatoms. The van der Waals surface area contributed by atoms with E-state index >= 15 is 0 Å². The molecule has 0 spiro atoms. The number of nitrogens with zero attached hydrogens (tertiary/aromatic N) is 4. The maximum atomic E-state index is 14.9. The van der Waals surface area contributed by atoms with Crippen molar-refractivity contribution in [1.82, 2.24) is 40.2 Å². The van der Waals surface area contributed by atoms with Gasteiger partial charge in [0, 0.05) is 97.4 Å². The Kier molecular flexibility index (Phi) is 17.0. The molecule has 0 amide bonds. The molecule has 17 rings (SSSR count). The van der Waals surface area contributed by atoms with Crippen molar-refractivity contribution in [3.63, 3.8) is 0 Å². The molecule has 2 unspecified atom stereocenters. The lowest BCUT2D eigenvalue weighted by molar-refractivity contribution is -0.181. The zero-order chi connectivity index (χ0) is 72.7. The van der Waals surface area contributed by atoms with Gasteiger partial charge in [-0.2, -0.15) is 10.2 Å². The molecule has 0 radical (unpaired) electrons. The van der Waals surface area contributed by atoms with Crippen molar-refractivity contribution in [3.8, 4) is 0 Å². The summed E-state index contributed by atoms with van der Waals surface area (Å²) in [5.74, 6) is 2.81. The second-order valence-electron chi connectivity index (χ2n) is 39.8. The highest BCUT2D eigenvalue weighted by Crippen LogP contribution is 2.80. The molecule has 0 bridgehead atoms. The minimum atomic E-state index is -0.687. The number of morpholine rings is 2. The maximum absolute atomic E-state index is 14.9. The van der Waals surface area contributed by atoms with Gasteiger partial charge < -0.3 is 40.8 Å². The number of carboxylic acid groups (broad SMARTS) is 1. The van der Waals surface area contributed by atoms with Crippen LogP contribution in [-0.4, -0.2) is 110 Å². The van der Waals surface area contributed by atoms with Crippen LogP contribution in [-0.2, 0) is 67.2 Å². The second-order valence-corrected chi connectivity index (χ2v) is 39.8. The van der Waals surface area contributed by atoms with E-state index in [1.54, 1.807) is 5.57 Å². The third-order valence-corrected chi connectivity index (χ3v) is 33.3. The van der Waals surface area contributed by atoms with Gasteiger partial charge in [-0.3, -0.25) is 29.6 Å². The zero-order valence-corrected chi connectivity index (χ0v) is 65.1. The SMILES string of the molecule is CC1(C)CC[C@]2(C(=O)O)CC[C@]3(C)C(=C(c4c[nH]cc4CN4CCOCC4)CC4[C@@]5(C)Cc6c(N)n[nH]c6C(C)(C)[C@@H]5CC[C@]43C)[C@@H]2C1.CC1(C)CC[C@]2(C(=O)OCc3ccccc3)CC[C@]3(C)C(=C(c4c[nH]cc4CN4CCOCC4)CC4[C@@]5(C)Cc6c(N)n[nH]c6C(C)(C)[C@@H]5CC[C@]43C)[C@@H]2C1. The number of hydrogen-bond donors (Lipinski definition) is 7. The number of nitrogens with two attached hydrogens (primary N) is 2. The van der Waals surface area contributed by atoms with E-state index in [2.05, 4.69) is 174 Å². The quantitative estimate of drug-likeness (QED) is 0.0648. The van der Waals surface area contributed by atoms with Crippen LogP contribution in [0.2, 0.25) is 0 Å². The topological polar surface area (TPSA) is 230 Å².